The fraction of sp³-hybridized carbons (Fsp3) is 0.310. The van der Waals surface area contributed by atoms with Crippen molar-refractivity contribution in [2.24, 2.45) is 21.5 Å². The average Bonchev–Trinajstić information content (AvgIpc) is 3.74. The Labute approximate surface area is 450 Å². The summed E-state index contributed by atoms with van der Waals surface area (Å²) in [6.07, 6.45) is 8.29. The number of aliphatic imine (C=N–C) groups is 2. The highest BCUT2D eigenvalue weighted by molar-refractivity contribution is 9.10. The summed E-state index contributed by atoms with van der Waals surface area (Å²) in [4.78, 5) is 22.3. The summed E-state index contributed by atoms with van der Waals surface area (Å²) in [6, 6.07) is 42.5. The van der Waals surface area contributed by atoms with E-state index in [0.29, 0.717) is 41.4 Å². The van der Waals surface area contributed by atoms with Crippen molar-refractivity contribution in [1.82, 2.24) is 10.1 Å². The fourth-order valence-corrected chi connectivity index (χ4v) is 12.0. The Morgan fingerprint density at radius 1 is 0.632 bits per heavy atom. The summed E-state index contributed by atoms with van der Waals surface area (Å²) < 4.78 is 25.8. The highest BCUT2D eigenvalue weighted by Gasteiger charge is 2.56. The van der Waals surface area contributed by atoms with E-state index >= 15 is 0 Å². The molecule has 12 rings (SSSR count). The van der Waals surface area contributed by atoms with Crippen LogP contribution in [0.1, 0.15) is 83.0 Å². The number of nitriles is 2. The molecule has 4 unspecified atom stereocenters. The van der Waals surface area contributed by atoms with Gasteiger partial charge in [0.1, 0.15) is 34.2 Å². The van der Waals surface area contributed by atoms with Gasteiger partial charge in [0.15, 0.2) is 0 Å². The maximum Gasteiger partial charge on any atom is 0.488 e. The number of rotatable bonds is 4. The second-order valence-electron chi connectivity index (χ2n) is 20.0. The van der Waals surface area contributed by atoms with Crippen molar-refractivity contribution in [2.75, 3.05) is 28.3 Å². The Morgan fingerprint density at radius 3 is 1.62 bits per heavy atom. The monoisotopic (exact) mass is 1080 g/mol. The van der Waals surface area contributed by atoms with Crippen molar-refractivity contribution in [3.05, 3.63) is 170 Å². The summed E-state index contributed by atoms with van der Waals surface area (Å²) in [5.74, 6) is 4.15. The van der Waals surface area contributed by atoms with Crippen LogP contribution in [0.25, 0.3) is 11.1 Å². The van der Waals surface area contributed by atoms with E-state index in [0.717, 1.165) is 101 Å². The molecule has 0 aromatic heterocycles. The SMILES string of the molecule is COc1cccc2c1CCCC1(C2)CC2(N=C(N)N(C)O2)c2cc(-c3cccc(C#N)c3)ccc2O1.COc1cccc2c1CCCC1(C2)CC2(N=C(N)N(C)O2)c2cc(Br)ccc2O1.N#Cc1cccc(B(O)O)c1. The highest BCUT2D eigenvalue weighted by Crippen LogP contribution is 2.55. The molecule has 6 aromatic rings. The van der Waals surface area contributed by atoms with Crippen LogP contribution in [0.4, 0.5) is 0 Å². The molecule has 0 radical (unpaired) electrons. The molecule has 2 aliphatic carbocycles. The van der Waals surface area contributed by atoms with Crippen LogP contribution < -0.4 is 35.9 Å². The van der Waals surface area contributed by atoms with E-state index in [2.05, 4.69) is 46.3 Å². The van der Waals surface area contributed by atoms with Gasteiger partial charge in [-0.05, 0) is 144 Å². The van der Waals surface area contributed by atoms with Crippen LogP contribution in [0.15, 0.2) is 136 Å². The number of methoxy groups -OCH3 is 2. The van der Waals surface area contributed by atoms with Gasteiger partial charge < -0.3 is 40.5 Å². The number of fused-ring (bicyclic) bond motifs is 6. The molecule has 0 amide bonds. The lowest BCUT2D eigenvalue weighted by Crippen LogP contribution is -2.49. The molecule has 4 spiro atoms. The number of ether oxygens (including phenoxy) is 4. The maximum absolute atomic E-state index is 9.36. The number of hydroxylamine groups is 4. The second kappa shape index (κ2) is 20.9. The van der Waals surface area contributed by atoms with E-state index in [9.17, 15) is 5.26 Å². The summed E-state index contributed by atoms with van der Waals surface area (Å²) in [5, 5.41) is 38.3. The molecule has 6 aliphatic rings. The molecule has 388 valence electrons. The number of nitrogens with zero attached hydrogens (tertiary/aromatic N) is 6. The molecule has 0 bridgehead atoms. The first-order valence-electron chi connectivity index (χ1n) is 25.2. The van der Waals surface area contributed by atoms with E-state index < -0.39 is 29.8 Å². The van der Waals surface area contributed by atoms with Crippen molar-refractivity contribution >= 4 is 40.4 Å². The zero-order chi connectivity index (χ0) is 53.4. The first kappa shape index (κ1) is 51.9. The van der Waals surface area contributed by atoms with Gasteiger partial charge in [-0.2, -0.15) is 10.5 Å². The summed E-state index contributed by atoms with van der Waals surface area (Å²) in [5.41, 5.74) is 19.7. The third-order valence-electron chi connectivity index (χ3n) is 15.0. The van der Waals surface area contributed by atoms with Gasteiger partial charge in [-0.3, -0.25) is 0 Å². The predicted octanol–water partition coefficient (Wildman–Crippen LogP) is 7.82. The standard InChI is InChI=1S/C29H28N4O3.C22H24BrN3O3.C7H6BNO2/c1-33-27(31)32-29(36-33)18-28(13-5-9-23-22(16-28)8-4-10-25(23)34-2)35-26-12-11-21(15-24(26)29)20-7-3-6-19(14-20)17-30;1-26-20(24)25-22(29-26)13-21(28-19-9-8-15(23)11-17(19)22)10-4-6-16-14(12-21)5-3-7-18(16)27-2;9-5-6-2-1-3-7(4-6)8(10)11/h3-4,6-8,10-12,14-15H,5,9,13,16,18H2,1-2H3,(H2,31,32);3,5,7-9,11H,4,6,10,12-13H2,1-2H3,(H2,24,25);1-4,10-11H. The van der Waals surface area contributed by atoms with E-state index in [1.54, 1.807) is 62.7 Å². The molecule has 4 heterocycles. The average molecular weight is 1090 g/mol. The lowest BCUT2D eigenvalue weighted by Gasteiger charge is -2.45. The molecular weight excluding hydrogens is 1030 g/mol. The number of nitrogens with two attached hydrogens (primary N) is 2. The lowest BCUT2D eigenvalue weighted by atomic mass is 9.78. The third-order valence-corrected chi connectivity index (χ3v) is 15.5. The second-order valence-corrected chi connectivity index (χ2v) is 20.9. The fourth-order valence-electron chi connectivity index (χ4n) is 11.6. The third kappa shape index (κ3) is 10.0. The van der Waals surface area contributed by atoms with E-state index in [1.165, 1.54) is 28.3 Å². The van der Waals surface area contributed by atoms with Crippen molar-refractivity contribution in [1.29, 1.82) is 10.5 Å². The lowest BCUT2D eigenvalue weighted by molar-refractivity contribution is -0.205. The van der Waals surface area contributed by atoms with E-state index in [4.69, 9.17) is 65.4 Å². The normalized spacial score (nSPS) is 23.4. The van der Waals surface area contributed by atoms with Crippen molar-refractivity contribution in [3.63, 3.8) is 0 Å². The van der Waals surface area contributed by atoms with E-state index in [-0.39, 0.29) is 0 Å². The number of guanidine groups is 2. The van der Waals surface area contributed by atoms with Crippen LogP contribution in [0.3, 0.4) is 0 Å². The molecular formula is C58H58BBrN8O8. The largest absolute Gasteiger partial charge is 0.496 e. The van der Waals surface area contributed by atoms with Crippen molar-refractivity contribution in [3.8, 4) is 46.3 Å². The quantitative estimate of drug-likeness (QED) is 0.124. The van der Waals surface area contributed by atoms with Gasteiger partial charge in [0.25, 0.3) is 0 Å². The van der Waals surface area contributed by atoms with Gasteiger partial charge in [-0.1, -0.05) is 70.5 Å². The molecule has 0 saturated heterocycles. The first-order chi connectivity index (χ1) is 36.6. The Hall–Kier alpha value is -7.58. The summed E-state index contributed by atoms with van der Waals surface area (Å²) >= 11 is 3.57. The molecule has 16 nitrogen and oxygen atoms in total. The number of halogens is 1. The molecule has 6 N–H and O–H groups in total. The van der Waals surface area contributed by atoms with E-state index in [1.807, 2.05) is 72.8 Å². The van der Waals surface area contributed by atoms with Crippen molar-refractivity contribution < 1.29 is 38.7 Å². The molecule has 18 heteroatoms. The van der Waals surface area contributed by atoms with Gasteiger partial charge in [-0.25, -0.2) is 29.8 Å². The first-order valence-corrected chi connectivity index (χ1v) is 26.0. The molecule has 0 saturated carbocycles. The maximum atomic E-state index is 9.36. The van der Waals surface area contributed by atoms with Gasteiger partial charge >= 0.3 is 7.12 Å². The zero-order valence-electron chi connectivity index (χ0n) is 42.8. The van der Waals surface area contributed by atoms with Crippen LogP contribution in [0, 0.1) is 22.7 Å². The van der Waals surface area contributed by atoms with Gasteiger partial charge in [-0.15, -0.1) is 0 Å². The number of hydrogen-bond donors (Lipinski definition) is 4. The minimum atomic E-state index is -1.50. The predicted molar refractivity (Wildman–Crippen MR) is 291 cm³/mol. The molecule has 76 heavy (non-hydrogen) atoms. The van der Waals surface area contributed by atoms with Crippen LogP contribution in [0.5, 0.6) is 23.0 Å². The van der Waals surface area contributed by atoms with Gasteiger partial charge in [0.05, 0.1) is 48.6 Å². The zero-order valence-corrected chi connectivity index (χ0v) is 44.3. The Balaban J connectivity index is 0.000000147. The van der Waals surface area contributed by atoms with Crippen LogP contribution in [-0.2, 0) is 46.8 Å². The van der Waals surface area contributed by atoms with Gasteiger partial charge in [0, 0.05) is 44.3 Å². The van der Waals surface area contributed by atoms with Crippen LogP contribution in [-0.4, -0.2) is 78.7 Å². The molecule has 4 atom stereocenters. The van der Waals surface area contributed by atoms with Crippen LogP contribution in [0.2, 0.25) is 0 Å². The Morgan fingerprint density at radius 2 is 1.12 bits per heavy atom. The summed E-state index contributed by atoms with van der Waals surface area (Å²) in [6.45, 7) is 0. The van der Waals surface area contributed by atoms with Crippen molar-refractivity contribution in [2.45, 2.75) is 86.9 Å². The molecule has 6 aromatic carbocycles. The number of benzene rings is 6. The minimum Gasteiger partial charge on any atom is -0.496 e. The highest BCUT2D eigenvalue weighted by atomic mass is 79.9. The smallest absolute Gasteiger partial charge is 0.488 e. The van der Waals surface area contributed by atoms with Gasteiger partial charge in [0.2, 0.25) is 23.4 Å². The molecule has 0 fully saturated rings. The summed E-state index contributed by atoms with van der Waals surface area (Å²) in [7, 11) is 5.53. The molecule has 4 aliphatic heterocycles. The Bertz CT molecular complexity index is 3360. The Kier molecular flexibility index (Phi) is 14.2. The minimum absolute atomic E-state index is 0.337. The topological polar surface area (TPSA) is 227 Å². The van der Waals surface area contributed by atoms with Crippen LogP contribution >= 0.6 is 15.9 Å². The number of hydrogen-bond acceptors (Lipinski definition) is 16.